The van der Waals surface area contributed by atoms with E-state index in [0.717, 1.165) is 18.4 Å². The summed E-state index contributed by atoms with van der Waals surface area (Å²) in [6.45, 7) is 7.16. The van der Waals surface area contributed by atoms with Crippen LogP contribution in [0.3, 0.4) is 0 Å². The number of aromatic nitrogens is 1. The lowest BCUT2D eigenvalue weighted by molar-refractivity contribution is -0.137. The van der Waals surface area contributed by atoms with Gasteiger partial charge in [0.25, 0.3) is 5.91 Å². The van der Waals surface area contributed by atoms with Gasteiger partial charge in [-0.2, -0.15) is 0 Å². The van der Waals surface area contributed by atoms with Gasteiger partial charge in [0.05, 0.1) is 18.0 Å². The van der Waals surface area contributed by atoms with Crippen molar-refractivity contribution in [2.45, 2.75) is 39.7 Å². The SMILES string of the molecule is CCN1C(=O)C(C)(C)C(=O)N(C)c2cc(OCCCC(NCCN(C)C(=O)c3ccc(F)cc3)c3ccncc3)ccc21. The predicted molar refractivity (Wildman–Crippen MR) is 165 cm³/mol. The monoisotopic (exact) mass is 589 g/mol. The Balaban J connectivity index is 1.36. The van der Waals surface area contributed by atoms with Gasteiger partial charge >= 0.3 is 0 Å². The molecular formula is C33H40FN5O4. The molecule has 0 saturated carbocycles. The third-order valence-electron chi connectivity index (χ3n) is 7.82. The Morgan fingerprint density at radius 2 is 1.74 bits per heavy atom. The molecule has 0 aliphatic carbocycles. The molecule has 0 radical (unpaired) electrons. The van der Waals surface area contributed by atoms with E-state index in [1.807, 2.05) is 37.3 Å². The standard InChI is InChI=1S/C33H40FN5O4/c1-6-39-28-14-13-26(22-29(28)38(5)31(41)33(2,3)32(39)42)43-21-7-8-27(23-15-17-35-18-16-23)36-19-20-37(4)30(40)24-9-11-25(34)12-10-24/h9-18,22,27,36H,6-8,19-21H2,1-5H3. The number of rotatable bonds is 12. The van der Waals surface area contributed by atoms with E-state index in [1.54, 1.807) is 50.1 Å². The highest BCUT2D eigenvalue weighted by Crippen LogP contribution is 2.40. The van der Waals surface area contributed by atoms with Crippen molar-refractivity contribution in [2.24, 2.45) is 5.41 Å². The van der Waals surface area contributed by atoms with Crippen molar-refractivity contribution in [1.82, 2.24) is 15.2 Å². The molecule has 0 spiro atoms. The van der Waals surface area contributed by atoms with Crippen LogP contribution in [0.5, 0.6) is 5.75 Å². The average Bonchev–Trinajstić information content (AvgIpc) is 3.06. The van der Waals surface area contributed by atoms with Crippen LogP contribution in [0, 0.1) is 11.2 Å². The summed E-state index contributed by atoms with van der Waals surface area (Å²) in [4.78, 5) is 47.9. The number of nitrogens with one attached hydrogen (secondary N) is 1. The zero-order valence-corrected chi connectivity index (χ0v) is 25.5. The highest BCUT2D eigenvalue weighted by atomic mass is 19.1. The number of ether oxygens (including phenoxy) is 1. The van der Waals surface area contributed by atoms with Gasteiger partial charge in [-0.1, -0.05) is 0 Å². The molecule has 10 heteroatoms. The molecule has 1 unspecified atom stereocenters. The number of amides is 3. The number of hydrogen-bond donors (Lipinski definition) is 1. The summed E-state index contributed by atoms with van der Waals surface area (Å²) >= 11 is 0. The maximum atomic E-state index is 13.2. The normalized spacial score (nSPS) is 15.1. The number of pyridine rings is 1. The number of carbonyl (C=O) groups is 3. The number of nitrogens with zero attached hydrogens (tertiary/aromatic N) is 4. The number of carbonyl (C=O) groups excluding carboxylic acids is 3. The molecule has 0 fully saturated rings. The Kier molecular flexibility index (Phi) is 10.1. The number of fused-ring (bicyclic) bond motifs is 1. The van der Waals surface area contributed by atoms with E-state index in [2.05, 4.69) is 10.3 Å². The fraction of sp³-hybridized carbons (Fsp3) is 0.394. The molecule has 4 rings (SSSR count). The first kappa shape index (κ1) is 31.6. The number of benzene rings is 2. The third-order valence-corrected chi connectivity index (χ3v) is 7.82. The first-order chi connectivity index (χ1) is 20.5. The molecule has 1 aliphatic heterocycles. The van der Waals surface area contributed by atoms with Gasteiger partial charge in [-0.15, -0.1) is 0 Å². The minimum Gasteiger partial charge on any atom is -0.494 e. The van der Waals surface area contributed by atoms with Gasteiger partial charge in [0, 0.05) is 63.8 Å². The van der Waals surface area contributed by atoms with Gasteiger partial charge in [-0.05, 0) is 87.7 Å². The Hall–Kier alpha value is -4.31. The molecule has 1 N–H and O–H groups in total. The van der Waals surface area contributed by atoms with Crippen molar-refractivity contribution in [3.63, 3.8) is 0 Å². The van der Waals surface area contributed by atoms with Gasteiger partial charge in [0.15, 0.2) is 0 Å². The van der Waals surface area contributed by atoms with Crippen LogP contribution in [0.15, 0.2) is 67.0 Å². The molecule has 3 aromatic rings. The summed E-state index contributed by atoms with van der Waals surface area (Å²) in [6, 6.07) is 15.0. The van der Waals surface area contributed by atoms with Crippen LogP contribution in [0.25, 0.3) is 0 Å². The van der Waals surface area contributed by atoms with Crippen LogP contribution in [0.2, 0.25) is 0 Å². The average molecular weight is 590 g/mol. The van der Waals surface area contributed by atoms with E-state index in [9.17, 15) is 18.8 Å². The smallest absolute Gasteiger partial charge is 0.253 e. The van der Waals surface area contributed by atoms with Gasteiger partial charge in [-0.25, -0.2) is 4.39 Å². The Labute approximate surface area is 252 Å². The zero-order valence-electron chi connectivity index (χ0n) is 25.5. The number of anilines is 2. The molecule has 3 amide bonds. The first-order valence-corrected chi connectivity index (χ1v) is 14.6. The van der Waals surface area contributed by atoms with Crippen molar-refractivity contribution in [2.75, 3.05) is 50.1 Å². The molecule has 0 bridgehead atoms. The molecule has 9 nitrogen and oxygen atoms in total. The van der Waals surface area contributed by atoms with Crippen LogP contribution < -0.4 is 19.9 Å². The lowest BCUT2D eigenvalue weighted by atomic mass is 9.90. The second-order valence-corrected chi connectivity index (χ2v) is 11.2. The summed E-state index contributed by atoms with van der Waals surface area (Å²) in [6.07, 6.45) is 5.02. The molecule has 2 aromatic carbocycles. The van der Waals surface area contributed by atoms with Crippen LogP contribution in [0.1, 0.15) is 55.6 Å². The van der Waals surface area contributed by atoms with E-state index >= 15 is 0 Å². The molecular weight excluding hydrogens is 549 g/mol. The van der Waals surface area contributed by atoms with E-state index in [-0.39, 0.29) is 29.6 Å². The van der Waals surface area contributed by atoms with Crippen LogP contribution in [-0.2, 0) is 9.59 Å². The highest BCUT2D eigenvalue weighted by molar-refractivity contribution is 6.20. The van der Waals surface area contributed by atoms with Crippen molar-refractivity contribution in [3.05, 3.63) is 83.9 Å². The summed E-state index contributed by atoms with van der Waals surface area (Å²) in [5, 5.41) is 3.54. The van der Waals surface area contributed by atoms with E-state index in [4.69, 9.17) is 4.74 Å². The molecule has 1 aliphatic rings. The van der Waals surface area contributed by atoms with Crippen LogP contribution in [0.4, 0.5) is 15.8 Å². The van der Waals surface area contributed by atoms with E-state index < -0.39 is 5.41 Å². The molecule has 2 heterocycles. The lowest BCUT2D eigenvalue weighted by Gasteiger charge is -2.27. The fourth-order valence-electron chi connectivity index (χ4n) is 5.25. The second-order valence-electron chi connectivity index (χ2n) is 11.2. The van der Waals surface area contributed by atoms with Gasteiger partial charge < -0.3 is 24.8 Å². The maximum absolute atomic E-state index is 13.2. The number of halogens is 1. The predicted octanol–water partition coefficient (Wildman–Crippen LogP) is 4.84. The number of likely N-dealkylation sites (N-methyl/N-ethyl adjacent to an activating group) is 1. The zero-order chi connectivity index (χ0) is 31.1. The summed E-state index contributed by atoms with van der Waals surface area (Å²) in [5.74, 6) is -0.406. The van der Waals surface area contributed by atoms with Crippen molar-refractivity contribution in [1.29, 1.82) is 0 Å². The van der Waals surface area contributed by atoms with Gasteiger partial charge in [0.1, 0.15) is 17.0 Å². The second kappa shape index (κ2) is 13.8. The first-order valence-electron chi connectivity index (χ1n) is 14.6. The molecule has 1 atom stereocenters. The van der Waals surface area contributed by atoms with Crippen LogP contribution >= 0.6 is 0 Å². The molecule has 0 saturated heterocycles. The van der Waals surface area contributed by atoms with E-state index in [1.165, 1.54) is 29.2 Å². The van der Waals surface area contributed by atoms with Crippen molar-refractivity contribution < 1.29 is 23.5 Å². The minimum atomic E-state index is -1.16. The fourth-order valence-corrected chi connectivity index (χ4v) is 5.25. The topological polar surface area (TPSA) is 95.1 Å². The maximum Gasteiger partial charge on any atom is 0.253 e. The highest BCUT2D eigenvalue weighted by Gasteiger charge is 2.45. The molecule has 1 aromatic heterocycles. The van der Waals surface area contributed by atoms with E-state index in [0.29, 0.717) is 48.9 Å². The summed E-state index contributed by atoms with van der Waals surface area (Å²) < 4.78 is 19.3. The van der Waals surface area contributed by atoms with Crippen LogP contribution in [-0.4, -0.2) is 67.9 Å². The summed E-state index contributed by atoms with van der Waals surface area (Å²) in [5.41, 5.74) is 1.69. The third kappa shape index (κ3) is 7.19. The Bertz CT molecular complexity index is 1430. The Morgan fingerprint density at radius 3 is 2.42 bits per heavy atom. The lowest BCUT2D eigenvalue weighted by Crippen LogP contribution is -2.47. The number of hydrogen-bond acceptors (Lipinski definition) is 6. The van der Waals surface area contributed by atoms with Crippen molar-refractivity contribution in [3.8, 4) is 5.75 Å². The summed E-state index contributed by atoms with van der Waals surface area (Å²) in [7, 11) is 3.42. The van der Waals surface area contributed by atoms with Gasteiger partial charge in [0.2, 0.25) is 11.8 Å². The minimum absolute atomic E-state index is 0.0167. The Morgan fingerprint density at radius 1 is 1.05 bits per heavy atom. The van der Waals surface area contributed by atoms with Gasteiger partial charge in [-0.3, -0.25) is 19.4 Å². The van der Waals surface area contributed by atoms with Crippen molar-refractivity contribution >= 4 is 29.1 Å². The quantitative estimate of drug-likeness (QED) is 0.240. The molecule has 43 heavy (non-hydrogen) atoms. The molecule has 228 valence electrons. The largest absolute Gasteiger partial charge is 0.494 e.